The minimum absolute atomic E-state index is 0.526. The van der Waals surface area contributed by atoms with Crippen LogP contribution in [-0.4, -0.2) is 21.8 Å². The van der Waals surface area contributed by atoms with Crippen LogP contribution in [0.4, 0.5) is 0 Å². The van der Waals surface area contributed by atoms with E-state index in [0.717, 1.165) is 27.1 Å². The summed E-state index contributed by atoms with van der Waals surface area (Å²) in [6, 6.07) is 17.0. The normalized spacial score (nSPS) is 12.3. The molecule has 28 heavy (non-hydrogen) atoms. The lowest BCUT2D eigenvalue weighted by Gasteiger charge is -2.11. The van der Waals surface area contributed by atoms with E-state index in [9.17, 15) is 9.90 Å². The number of benzene rings is 2. The Hall–Kier alpha value is -2.70. The molecule has 0 bridgehead atoms. The van der Waals surface area contributed by atoms with E-state index >= 15 is 0 Å². The highest BCUT2D eigenvalue weighted by Crippen LogP contribution is 2.24. The zero-order valence-electron chi connectivity index (χ0n) is 16.0. The maximum atomic E-state index is 12.1. The second kappa shape index (κ2) is 8.54. The van der Waals surface area contributed by atoms with Crippen LogP contribution in [0.15, 0.2) is 64.2 Å². The average Bonchev–Trinajstić information content (AvgIpc) is 2.97. The van der Waals surface area contributed by atoms with Crippen molar-refractivity contribution in [2.24, 2.45) is 5.10 Å². The van der Waals surface area contributed by atoms with E-state index < -0.39 is 12.0 Å². The molecule has 2 aromatic carbocycles. The molecule has 6 heteroatoms. The predicted octanol–water partition coefficient (Wildman–Crippen LogP) is 4.35. The third-order valence-corrected chi connectivity index (χ3v) is 5.48. The zero-order valence-corrected chi connectivity index (χ0v) is 17.6. The number of carbonyl (C=O) groups excluding carboxylic acids is 1. The van der Waals surface area contributed by atoms with Crippen molar-refractivity contribution in [3.8, 4) is 5.69 Å². The molecule has 0 fully saturated rings. The fourth-order valence-electron chi connectivity index (χ4n) is 3.05. The number of aliphatic hydroxyl groups is 1. The highest BCUT2D eigenvalue weighted by Gasteiger charge is 2.16. The maximum absolute atomic E-state index is 12.1. The average molecular weight is 440 g/mol. The van der Waals surface area contributed by atoms with Gasteiger partial charge in [-0.3, -0.25) is 4.79 Å². The van der Waals surface area contributed by atoms with E-state index in [4.69, 9.17) is 0 Å². The molecule has 144 valence electrons. The summed E-state index contributed by atoms with van der Waals surface area (Å²) in [4.78, 5) is 12.1. The van der Waals surface area contributed by atoms with Crippen molar-refractivity contribution < 1.29 is 9.90 Å². The van der Waals surface area contributed by atoms with E-state index in [1.54, 1.807) is 30.5 Å². The maximum Gasteiger partial charge on any atom is 0.273 e. The molecule has 0 aliphatic heterocycles. The van der Waals surface area contributed by atoms with E-state index in [0.29, 0.717) is 5.56 Å². The van der Waals surface area contributed by atoms with E-state index in [2.05, 4.69) is 49.2 Å². The van der Waals surface area contributed by atoms with Crippen LogP contribution in [0, 0.1) is 20.8 Å². The number of nitrogens with one attached hydrogen (secondary N) is 1. The van der Waals surface area contributed by atoms with Gasteiger partial charge in [0.2, 0.25) is 0 Å². The van der Waals surface area contributed by atoms with E-state index in [1.807, 2.05) is 32.9 Å². The lowest BCUT2D eigenvalue weighted by Crippen LogP contribution is -2.25. The molecule has 0 saturated carbocycles. The van der Waals surface area contributed by atoms with Crippen LogP contribution in [0.5, 0.6) is 0 Å². The molecule has 5 nitrogen and oxygen atoms in total. The molecule has 0 unspecified atom stereocenters. The molecular formula is C22H22BrN3O2. The summed E-state index contributed by atoms with van der Waals surface area (Å²) in [6.45, 7) is 6.08. The Morgan fingerprint density at radius 1 is 1.14 bits per heavy atom. The summed E-state index contributed by atoms with van der Waals surface area (Å²) < 4.78 is 3.18. The fourth-order valence-corrected chi connectivity index (χ4v) is 3.42. The third-order valence-electron chi connectivity index (χ3n) is 4.63. The largest absolute Gasteiger partial charge is 0.378 e. The second-order valence-corrected chi connectivity index (χ2v) is 7.50. The van der Waals surface area contributed by atoms with Crippen LogP contribution in [-0.2, 0) is 4.79 Å². The smallest absolute Gasteiger partial charge is 0.273 e. The van der Waals surface area contributed by atoms with Gasteiger partial charge in [0.15, 0.2) is 6.10 Å². The van der Waals surface area contributed by atoms with Crippen molar-refractivity contribution in [2.45, 2.75) is 26.9 Å². The number of aliphatic hydroxyl groups excluding tert-OH is 1. The highest BCUT2D eigenvalue weighted by molar-refractivity contribution is 9.10. The van der Waals surface area contributed by atoms with Crippen molar-refractivity contribution in [3.05, 3.63) is 87.1 Å². The molecular weight excluding hydrogens is 418 g/mol. The molecule has 0 saturated heterocycles. The van der Waals surface area contributed by atoms with Crippen molar-refractivity contribution in [2.75, 3.05) is 0 Å². The van der Waals surface area contributed by atoms with Gasteiger partial charge < -0.3 is 9.67 Å². The van der Waals surface area contributed by atoms with Gasteiger partial charge in [0.05, 0.1) is 6.21 Å². The molecule has 1 amide bonds. The van der Waals surface area contributed by atoms with Crippen LogP contribution < -0.4 is 5.43 Å². The summed E-state index contributed by atoms with van der Waals surface area (Å²) in [6.07, 6.45) is 0.341. The molecule has 0 radical (unpaired) electrons. The van der Waals surface area contributed by atoms with Gasteiger partial charge in [-0.25, -0.2) is 5.43 Å². The van der Waals surface area contributed by atoms with Gasteiger partial charge in [0.25, 0.3) is 5.91 Å². The Morgan fingerprint density at radius 3 is 2.54 bits per heavy atom. The Balaban J connectivity index is 1.76. The minimum Gasteiger partial charge on any atom is -0.378 e. The molecule has 1 aromatic heterocycles. The van der Waals surface area contributed by atoms with Gasteiger partial charge in [0.1, 0.15) is 0 Å². The first-order valence-corrected chi connectivity index (χ1v) is 9.69. The summed E-state index contributed by atoms with van der Waals surface area (Å²) in [5, 5.41) is 14.1. The third kappa shape index (κ3) is 4.24. The molecule has 3 aromatic rings. The van der Waals surface area contributed by atoms with Gasteiger partial charge in [-0.05, 0) is 50.1 Å². The molecule has 0 spiro atoms. The van der Waals surface area contributed by atoms with Crippen molar-refractivity contribution in [1.29, 1.82) is 0 Å². The van der Waals surface area contributed by atoms with Crippen LogP contribution in [0.2, 0.25) is 0 Å². The number of aryl methyl sites for hydroxylation is 2. The summed E-state index contributed by atoms with van der Waals surface area (Å²) in [7, 11) is 0. The Morgan fingerprint density at radius 2 is 1.86 bits per heavy atom. The standard InChI is InChI=1S/C22H22BrN3O2/c1-14-9-10-19(12-20(14)23)26-15(2)11-18(16(26)3)13-24-25-22(28)21(27)17-7-5-4-6-8-17/h4-13,21,27H,1-3H3,(H,25,28)/b24-13-/t21-/m0/s1. The predicted molar refractivity (Wildman–Crippen MR) is 115 cm³/mol. The van der Waals surface area contributed by atoms with Gasteiger partial charge in [-0.2, -0.15) is 5.10 Å². The second-order valence-electron chi connectivity index (χ2n) is 6.64. The summed E-state index contributed by atoms with van der Waals surface area (Å²) in [5.41, 5.74) is 8.12. The molecule has 0 aliphatic rings. The number of aromatic nitrogens is 1. The fraction of sp³-hybridized carbons (Fsp3) is 0.182. The number of hydrazone groups is 1. The number of rotatable bonds is 5. The number of hydrogen-bond acceptors (Lipinski definition) is 3. The Kier molecular flexibility index (Phi) is 6.11. The van der Waals surface area contributed by atoms with Gasteiger partial charge in [-0.1, -0.05) is 52.3 Å². The number of halogens is 1. The van der Waals surface area contributed by atoms with Crippen molar-refractivity contribution in [3.63, 3.8) is 0 Å². The van der Waals surface area contributed by atoms with Crippen LogP contribution in [0.1, 0.15) is 34.2 Å². The van der Waals surface area contributed by atoms with E-state index in [-0.39, 0.29) is 0 Å². The van der Waals surface area contributed by atoms with Crippen molar-refractivity contribution in [1.82, 2.24) is 9.99 Å². The minimum atomic E-state index is -1.25. The number of carbonyl (C=O) groups is 1. The SMILES string of the molecule is Cc1ccc(-n2c(C)cc(/C=N\NC(=O)[C@@H](O)c3ccccc3)c2C)cc1Br. The lowest BCUT2D eigenvalue weighted by molar-refractivity contribution is -0.129. The first kappa shape index (κ1) is 20.0. The van der Waals surface area contributed by atoms with Gasteiger partial charge in [0, 0.05) is 27.1 Å². The number of amides is 1. The van der Waals surface area contributed by atoms with Crippen molar-refractivity contribution >= 4 is 28.1 Å². The first-order chi connectivity index (χ1) is 13.4. The van der Waals surface area contributed by atoms with E-state index in [1.165, 1.54) is 5.56 Å². The lowest BCUT2D eigenvalue weighted by atomic mass is 10.1. The molecule has 2 N–H and O–H groups in total. The van der Waals surface area contributed by atoms with Crippen LogP contribution in [0.25, 0.3) is 5.69 Å². The topological polar surface area (TPSA) is 66.6 Å². The molecule has 1 atom stereocenters. The Labute approximate surface area is 172 Å². The Bertz CT molecular complexity index is 1030. The van der Waals surface area contributed by atoms with Gasteiger partial charge in [-0.15, -0.1) is 0 Å². The van der Waals surface area contributed by atoms with Crippen LogP contribution in [0.3, 0.4) is 0 Å². The monoisotopic (exact) mass is 439 g/mol. The highest BCUT2D eigenvalue weighted by atomic mass is 79.9. The zero-order chi connectivity index (χ0) is 20.3. The quantitative estimate of drug-likeness (QED) is 0.458. The number of nitrogens with zero attached hydrogens (tertiary/aromatic N) is 2. The number of hydrogen-bond donors (Lipinski definition) is 2. The first-order valence-electron chi connectivity index (χ1n) is 8.90. The molecule has 3 rings (SSSR count). The van der Waals surface area contributed by atoms with Crippen LogP contribution >= 0.6 is 15.9 Å². The molecule has 0 aliphatic carbocycles. The summed E-state index contributed by atoms with van der Waals surface area (Å²) in [5.74, 6) is -0.571. The van der Waals surface area contributed by atoms with Gasteiger partial charge >= 0.3 is 0 Å². The molecule has 1 heterocycles. The summed E-state index contributed by atoms with van der Waals surface area (Å²) >= 11 is 3.58.